The van der Waals surface area contributed by atoms with Crippen molar-refractivity contribution in [3.05, 3.63) is 34.3 Å². The van der Waals surface area contributed by atoms with Crippen molar-refractivity contribution in [2.24, 2.45) is 11.7 Å². The molecule has 0 aliphatic rings. The fourth-order valence-electron chi connectivity index (χ4n) is 2.46. The molecule has 1 nitrogen and oxygen atoms in total. The Bertz CT molecular complexity index is 338. The minimum Gasteiger partial charge on any atom is -0.327 e. The molecule has 1 rings (SSSR count). The highest BCUT2D eigenvalue weighted by molar-refractivity contribution is 9.10. The van der Waals surface area contributed by atoms with Crippen LogP contribution in [0.4, 0.5) is 0 Å². The summed E-state index contributed by atoms with van der Waals surface area (Å²) in [4.78, 5) is 0. The molecule has 0 amide bonds. The van der Waals surface area contributed by atoms with Crippen molar-refractivity contribution in [1.29, 1.82) is 0 Å². The van der Waals surface area contributed by atoms with Gasteiger partial charge in [-0.2, -0.15) is 0 Å². The van der Waals surface area contributed by atoms with E-state index in [1.165, 1.54) is 31.2 Å². The Kier molecular flexibility index (Phi) is 7.60. The van der Waals surface area contributed by atoms with Crippen molar-refractivity contribution < 1.29 is 0 Å². The molecule has 0 aliphatic carbocycles. The van der Waals surface area contributed by atoms with Gasteiger partial charge in [0.05, 0.1) is 0 Å². The number of nitrogens with two attached hydrogens (primary N) is 1. The van der Waals surface area contributed by atoms with Gasteiger partial charge in [0.2, 0.25) is 0 Å². The van der Waals surface area contributed by atoms with Gasteiger partial charge in [-0.3, -0.25) is 0 Å². The molecular weight excluding hydrogens is 286 g/mol. The maximum Gasteiger partial charge on any atom is 0.0178 e. The van der Waals surface area contributed by atoms with E-state index in [9.17, 15) is 0 Å². The lowest BCUT2D eigenvalue weighted by molar-refractivity contribution is 0.383. The molecule has 0 saturated heterocycles. The molecule has 0 aliphatic heterocycles. The van der Waals surface area contributed by atoms with Crippen LogP contribution < -0.4 is 5.73 Å². The summed E-state index contributed by atoms with van der Waals surface area (Å²) in [6, 6.07) is 8.77. The topological polar surface area (TPSA) is 26.0 Å². The van der Waals surface area contributed by atoms with Gasteiger partial charge < -0.3 is 5.73 Å². The largest absolute Gasteiger partial charge is 0.327 e. The van der Waals surface area contributed by atoms with Gasteiger partial charge in [-0.1, -0.05) is 67.6 Å². The first-order valence-corrected chi connectivity index (χ1v) is 7.95. The third-order valence-corrected chi connectivity index (χ3v) is 4.06. The number of hydrogen-bond acceptors (Lipinski definition) is 1. The summed E-state index contributed by atoms with van der Waals surface area (Å²) in [5.74, 6) is 0.798. The van der Waals surface area contributed by atoms with Crippen LogP contribution in [-0.2, 0) is 6.42 Å². The van der Waals surface area contributed by atoms with Gasteiger partial charge in [0.25, 0.3) is 0 Å². The van der Waals surface area contributed by atoms with E-state index in [0.717, 1.165) is 23.2 Å². The Labute approximate surface area is 120 Å². The van der Waals surface area contributed by atoms with Crippen LogP contribution >= 0.6 is 15.9 Å². The van der Waals surface area contributed by atoms with Gasteiger partial charge in [0.1, 0.15) is 0 Å². The summed E-state index contributed by atoms with van der Waals surface area (Å²) < 4.78 is 1.14. The van der Waals surface area contributed by atoms with Crippen molar-refractivity contribution in [3.8, 4) is 0 Å². The first-order chi connectivity index (χ1) is 8.65. The van der Waals surface area contributed by atoms with Crippen molar-refractivity contribution in [2.75, 3.05) is 0 Å². The van der Waals surface area contributed by atoms with Crippen LogP contribution in [0.1, 0.15) is 51.5 Å². The molecular formula is C16H26BrN. The van der Waals surface area contributed by atoms with Gasteiger partial charge >= 0.3 is 0 Å². The van der Waals surface area contributed by atoms with Crippen LogP contribution in [0.3, 0.4) is 0 Å². The lowest BCUT2D eigenvalue weighted by Gasteiger charge is -2.19. The smallest absolute Gasteiger partial charge is 0.0178 e. The summed E-state index contributed by atoms with van der Waals surface area (Å²) in [7, 11) is 0. The standard InChI is InChI=1S/C16H26BrN/c1-3-5-7-13(4-2)11-16(18)12-14-8-6-9-15(17)10-14/h6,8-10,13,16H,3-5,7,11-12,18H2,1-2H3. The molecule has 0 heterocycles. The number of rotatable bonds is 8. The second-order valence-electron chi connectivity index (χ2n) is 5.25. The fourth-order valence-corrected chi connectivity index (χ4v) is 2.91. The number of benzene rings is 1. The highest BCUT2D eigenvalue weighted by Gasteiger charge is 2.12. The quantitative estimate of drug-likeness (QED) is 0.724. The van der Waals surface area contributed by atoms with E-state index >= 15 is 0 Å². The lowest BCUT2D eigenvalue weighted by Crippen LogP contribution is -2.26. The number of halogens is 1. The van der Waals surface area contributed by atoms with Crippen LogP contribution in [0.15, 0.2) is 28.7 Å². The number of unbranched alkanes of at least 4 members (excludes halogenated alkanes) is 1. The summed E-state index contributed by atoms with van der Waals surface area (Å²) in [5, 5.41) is 0. The third-order valence-electron chi connectivity index (χ3n) is 3.57. The average Bonchev–Trinajstić information content (AvgIpc) is 2.34. The van der Waals surface area contributed by atoms with Gasteiger partial charge in [-0.15, -0.1) is 0 Å². The predicted molar refractivity (Wildman–Crippen MR) is 83.7 cm³/mol. The molecule has 0 spiro atoms. The normalized spacial score (nSPS) is 14.4. The molecule has 0 saturated carbocycles. The van der Waals surface area contributed by atoms with Crippen molar-refractivity contribution in [3.63, 3.8) is 0 Å². The molecule has 2 N–H and O–H groups in total. The van der Waals surface area contributed by atoms with Crippen molar-refractivity contribution >= 4 is 15.9 Å². The van der Waals surface area contributed by atoms with E-state index < -0.39 is 0 Å². The highest BCUT2D eigenvalue weighted by atomic mass is 79.9. The summed E-state index contributed by atoms with van der Waals surface area (Å²) in [6.45, 7) is 4.54. The van der Waals surface area contributed by atoms with E-state index in [-0.39, 0.29) is 0 Å². The van der Waals surface area contributed by atoms with Crippen molar-refractivity contribution in [2.45, 2.75) is 58.4 Å². The zero-order valence-corrected chi connectivity index (χ0v) is 13.2. The van der Waals surface area contributed by atoms with E-state index in [1.807, 2.05) is 0 Å². The first-order valence-electron chi connectivity index (χ1n) is 7.15. The van der Waals surface area contributed by atoms with Crippen LogP contribution in [0.2, 0.25) is 0 Å². The van der Waals surface area contributed by atoms with Gasteiger partial charge in [0, 0.05) is 10.5 Å². The molecule has 0 fully saturated rings. The SMILES string of the molecule is CCCCC(CC)CC(N)Cc1cccc(Br)c1. The average molecular weight is 312 g/mol. The highest BCUT2D eigenvalue weighted by Crippen LogP contribution is 2.20. The molecule has 2 atom stereocenters. The van der Waals surface area contributed by atoms with Gasteiger partial charge in [0.15, 0.2) is 0 Å². The Balaban J connectivity index is 2.42. The fraction of sp³-hybridized carbons (Fsp3) is 0.625. The summed E-state index contributed by atoms with van der Waals surface area (Å²) >= 11 is 3.51. The van der Waals surface area contributed by atoms with E-state index in [4.69, 9.17) is 5.73 Å². The lowest BCUT2D eigenvalue weighted by atomic mass is 9.90. The zero-order valence-electron chi connectivity index (χ0n) is 11.7. The van der Waals surface area contributed by atoms with Gasteiger partial charge in [-0.25, -0.2) is 0 Å². The van der Waals surface area contributed by atoms with Crippen LogP contribution in [0, 0.1) is 5.92 Å². The second kappa shape index (κ2) is 8.71. The maximum absolute atomic E-state index is 6.29. The molecule has 102 valence electrons. The first kappa shape index (κ1) is 15.7. The minimum absolute atomic E-state index is 0.293. The van der Waals surface area contributed by atoms with Crippen LogP contribution in [0.5, 0.6) is 0 Å². The maximum atomic E-state index is 6.29. The molecule has 1 aromatic rings. The zero-order chi connectivity index (χ0) is 13.4. The van der Waals surface area contributed by atoms with E-state index in [2.05, 4.69) is 54.0 Å². The van der Waals surface area contributed by atoms with E-state index in [1.54, 1.807) is 0 Å². The Morgan fingerprint density at radius 3 is 2.67 bits per heavy atom. The Morgan fingerprint density at radius 2 is 2.06 bits per heavy atom. The molecule has 0 bridgehead atoms. The minimum atomic E-state index is 0.293. The number of hydrogen-bond donors (Lipinski definition) is 1. The monoisotopic (exact) mass is 311 g/mol. The summed E-state index contributed by atoms with van der Waals surface area (Å²) in [6.07, 6.45) is 7.36. The van der Waals surface area contributed by atoms with Crippen LogP contribution in [-0.4, -0.2) is 6.04 Å². The van der Waals surface area contributed by atoms with Gasteiger partial charge in [-0.05, 0) is 36.5 Å². The predicted octanol–water partition coefficient (Wildman–Crippen LogP) is 4.93. The Hall–Kier alpha value is -0.340. The molecule has 2 heteroatoms. The summed E-state index contributed by atoms with van der Waals surface area (Å²) in [5.41, 5.74) is 7.62. The van der Waals surface area contributed by atoms with E-state index in [0.29, 0.717) is 6.04 Å². The molecule has 0 aromatic heterocycles. The molecule has 1 aromatic carbocycles. The van der Waals surface area contributed by atoms with Crippen molar-refractivity contribution in [1.82, 2.24) is 0 Å². The van der Waals surface area contributed by atoms with Crippen LogP contribution in [0.25, 0.3) is 0 Å². The third kappa shape index (κ3) is 6.01. The second-order valence-corrected chi connectivity index (χ2v) is 6.16. The molecule has 2 unspecified atom stereocenters. The molecule has 0 radical (unpaired) electrons. The molecule has 18 heavy (non-hydrogen) atoms. The Morgan fingerprint density at radius 1 is 1.28 bits per heavy atom.